The van der Waals surface area contributed by atoms with Crippen LogP contribution in [-0.2, 0) is 25.6 Å². The summed E-state index contributed by atoms with van der Waals surface area (Å²) < 4.78 is 0. The van der Waals surface area contributed by atoms with Crippen molar-refractivity contribution < 1.29 is 34.5 Å². The zero-order valence-corrected chi connectivity index (χ0v) is 18.2. The van der Waals surface area contributed by atoms with Gasteiger partial charge in [-0.2, -0.15) is 12.6 Å². The number of thiol groups is 1. The zero-order chi connectivity index (χ0) is 23.8. The van der Waals surface area contributed by atoms with Gasteiger partial charge in [-0.3, -0.25) is 14.4 Å². The molecule has 176 valence electrons. The minimum atomic E-state index is -1.47. The lowest BCUT2D eigenvalue weighted by molar-refractivity contribution is -0.145. The normalized spacial score (nSPS) is 18.5. The lowest BCUT2D eigenvalue weighted by Crippen LogP contribution is -2.57. The molecule has 3 amide bonds. The molecule has 12 heteroatoms. The third-order valence-electron chi connectivity index (χ3n) is 5.16. The summed E-state index contributed by atoms with van der Waals surface area (Å²) in [4.78, 5) is 50.3. The average Bonchev–Trinajstić information content (AvgIpc) is 3.26. The van der Waals surface area contributed by atoms with Crippen LogP contribution in [0, 0.1) is 0 Å². The number of hydrogen-bond donors (Lipinski definition) is 7. The molecule has 0 bridgehead atoms. The molecule has 0 radical (unpaired) electrons. The van der Waals surface area contributed by atoms with E-state index >= 15 is 0 Å². The fraction of sp³-hybridized carbons (Fsp3) is 0.500. The molecule has 11 nitrogen and oxygen atoms in total. The van der Waals surface area contributed by atoms with Gasteiger partial charge in [0.05, 0.1) is 12.6 Å². The highest BCUT2D eigenvalue weighted by atomic mass is 32.1. The van der Waals surface area contributed by atoms with Crippen LogP contribution in [0.25, 0.3) is 0 Å². The Labute approximate surface area is 190 Å². The monoisotopic (exact) mass is 468 g/mol. The number of benzene rings is 1. The summed E-state index contributed by atoms with van der Waals surface area (Å²) in [7, 11) is 0. The Morgan fingerprint density at radius 1 is 1.16 bits per heavy atom. The molecule has 1 aromatic carbocycles. The number of nitrogens with two attached hydrogens (primary N) is 1. The van der Waals surface area contributed by atoms with Crippen molar-refractivity contribution in [1.82, 2.24) is 15.5 Å². The molecule has 4 unspecified atom stereocenters. The maximum Gasteiger partial charge on any atom is 0.328 e. The van der Waals surface area contributed by atoms with E-state index in [-0.39, 0.29) is 24.5 Å². The molecule has 32 heavy (non-hydrogen) atoms. The number of likely N-dealkylation sites (tertiary alicyclic amines) is 1. The van der Waals surface area contributed by atoms with Crippen LogP contribution in [0.1, 0.15) is 18.4 Å². The molecule has 1 aliphatic rings. The maximum absolute atomic E-state index is 13.0. The van der Waals surface area contributed by atoms with E-state index in [0.717, 1.165) is 5.56 Å². The third kappa shape index (κ3) is 6.58. The SMILES string of the molecule is NC(Cc1ccc(O)cc1)C(=O)NC(CS)C(=O)N1CCCC1C(=O)NC(CO)C(=O)O. The number of amides is 3. The second-order valence-corrected chi connectivity index (χ2v) is 7.86. The number of phenolic OH excluding ortho intramolecular Hbond substituents is 1. The molecule has 2 rings (SSSR count). The van der Waals surface area contributed by atoms with Gasteiger partial charge in [0.2, 0.25) is 17.7 Å². The standard InChI is InChI=1S/C20H28N4O7S/c21-13(8-11-3-5-12(26)6-4-11)17(27)23-15(10-32)19(29)24-7-1-2-16(24)18(28)22-14(9-25)20(30)31/h3-6,13-16,25-26,32H,1-2,7-10,21H2,(H,22,28)(H,23,27)(H,30,31). The molecule has 7 N–H and O–H groups in total. The Kier molecular flexibility index (Phi) is 9.29. The van der Waals surface area contributed by atoms with E-state index in [9.17, 15) is 24.3 Å². The Balaban J connectivity index is 2.00. The molecule has 0 aromatic heterocycles. The number of carbonyl (C=O) groups is 4. The maximum atomic E-state index is 13.0. The van der Waals surface area contributed by atoms with Crippen LogP contribution in [0.5, 0.6) is 5.75 Å². The lowest BCUT2D eigenvalue weighted by atomic mass is 10.1. The number of carboxylic acids is 1. The van der Waals surface area contributed by atoms with Crippen molar-refractivity contribution in [3.63, 3.8) is 0 Å². The predicted octanol–water partition coefficient (Wildman–Crippen LogP) is -1.77. The van der Waals surface area contributed by atoms with Crippen LogP contribution < -0.4 is 16.4 Å². The number of rotatable bonds is 10. The molecule has 0 aliphatic carbocycles. The summed E-state index contributed by atoms with van der Waals surface area (Å²) in [5.74, 6) is -3.12. The zero-order valence-electron chi connectivity index (χ0n) is 17.3. The number of carboxylic acid groups (broad SMARTS) is 1. The second-order valence-electron chi connectivity index (χ2n) is 7.49. The molecule has 1 saturated heterocycles. The number of aliphatic hydroxyl groups is 1. The summed E-state index contributed by atoms with van der Waals surface area (Å²) in [6, 6.07) is 1.85. The molecule has 1 heterocycles. The van der Waals surface area contributed by atoms with Crippen LogP contribution in [0.15, 0.2) is 24.3 Å². The van der Waals surface area contributed by atoms with Gasteiger partial charge < -0.3 is 36.6 Å². The quantitative estimate of drug-likeness (QED) is 0.197. The van der Waals surface area contributed by atoms with E-state index in [0.29, 0.717) is 12.8 Å². The molecule has 1 aromatic rings. The van der Waals surface area contributed by atoms with Gasteiger partial charge in [0.25, 0.3) is 0 Å². The van der Waals surface area contributed by atoms with Gasteiger partial charge in [-0.15, -0.1) is 0 Å². The van der Waals surface area contributed by atoms with Crippen LogP contribution in [0.3, 0.4) is 0 Å². The van der Waals surface area contributed by atoms with Crippen molar-refractivity contribution in [2.24, 2.45) is 5.73 Å². The summed E-state index contributed by atoms with van der Waals surface area (Å²) in [5.41, 5.74) is 6.68. The van der Waals surface area contributed by atoms with E-state index in [2.05, 4.69) is 23.3 Å². The molecular formula is C20H28N4O7S. The fourth-order valence-electron chi connectivity index (χ4n) is 3.40. The Hall–Kier alpha value is -2.83. The van der Waals surface area contributed by atoms with Gasteiger partial charge in [0.15, 0.2) is 0 Å². The van der Waals surface area contributed by atoms with E-state index in [1.165, 1.54) is 17.0 Å². The molecule has 1 fully saturated rings. The first-order valence-electron chi connectivity index (χ1n) is 10.1. The molecule has 1 aliphatic heterocycles. The highest BCUT2D eigenvalue weighted by Crippen LogP contribution is 2.19. The minimum Gasteiger partial charge on any atom is -0.508 e. The van der Waals surface area contributed by atoms with Gasteiger partial charge >= 0.3 is 5.97 Å². The summed E-state index contributed by atoms with van der Waals surface area (Å²) >= 11 is 4.14. The van der Waals surface area contributed by atoms with E-state index in [1.807, 2.05) is 0 Å². The van der Waals surface area contributed by atoms with Crippen LogP contribution in [-0.4, -0.2) is 87.0 Å². The van der Waals surface area contributed by atoms with Crippen molar-refractivity contribution >= 4 is 36.3 Å². The molecule has 0 saturated carbocycles. The average molecular weight is 469 g/mol. The Morgan fingerprint density at radius 2 is 1.81 bits per heavy atom. The number of aliphatic carboxylic acids is 1. The Bertz CT molecular complexity index is 836. The van der Waals surface area contributed by atoms with E-state index < -0.39 is 54.5 Å². The van der Waals surface area contributed by atoms with Crippen LogP contribution >= 0.6 is 12.6 Å². The number of nitrogens with one attached hydrogen (secondary N) is 2. The van der Waals surface area contributed by atoms with Crippen molar-refractivity contribution in [3.05, 3.63) is 29.8 Å². The number of phenols is 1. The first-order valence-corrected chi connectivity index (χ1v) is 10.7. The van der Waals surface area contributed by atoms with Crippen molar-refractivity contribution in [1.29, 1.82) is 0 Å². The summed E-state index contributed by atoms with van der Waals surface area (Å²) in [6.45, 7) is -0.524. The molecular weight excluding hydrogens is 440 g/mol. The topological polar surface area (TPSA) is 182 Å². The number of aliphatic hydroxyl groups excluding tert-OH is 1. The van der Waals surface area contributed by atoms with E-state index in [4.69, 9.17) is 15.9 Å². The van der Waals surface area contributed by atoms with Gasteiger partial charge in [-0.25, -0.2) is 4.79 Å². The van der Waals surface area contributed by atoms with Gasteiger partial charge in [0.1, 0.15) is 23.9 Å². The molecule has 0 spiro atoms. The Morgan fingerprint density at radius 3 is 2.38 bits per heavy atom. The highest BCUT2D eigenvalue weighted by Gasteiger charge is 2.38. The number of aromatic hydroxyl groups is 1. The summed E-state index contributed by atoms with van der Waals surface area (Å²) in [6.07, 6.45) is 1.03. The van der Waals surface area contributed by atoms with Gasteiger partial charge in [-0.05, 0) is 37.0 Å². The minimum absolute atomic E-state index is 0.0320. The fourth-order valence-corrected chi connectivity index (χ4v) is 3.65. The smallest absolute Gasteiger partial charge is 0.328 e. The largest absolute Gasteiger partial charge is 0.508 e. The van der Waals surface area contributed by atoms with E-state index in [1.54, 1.807) is 12.1 Å². The first kappa shape index (κ1) is 25.4. The predicted molar refractivity (Wildman–Crippen MR) is 117 cm³/mol. The van der Waals surface area contributed by atoms with Crippen molar-refractivity contribution in [2.45, 2.75) is 43.4 Å². The van der Waals surface area contributed by atoms with Crippen molar-refractivity contribution in [3.8, 4) is 5.75 Å². The van der Waals surface area contributed by atoms with Crippen LogP contribution in [0.4, 0.5) is 0 Å². The summed E-state index contributed by atoms with van der Waals surface area (Å²) in [5, 5.41) is 32.2. The second kappa shape index (κ2) is 11.7. The highest BCUT2D eigenvalue weighted by molar-refractivity contribution is 7.80. The van der Waals surface area contributed by atoms with Gasteiger partial charge in [0, 0.05) is 12.3 Å². The lowest BCUT2D eigenvalue weighted by Gasteiger charge is -2.29. The third-order valence-corrected chi connectivity index (χ3v) is 5.53. The molecule has 4 atom stereocenters. The van der Waals surface area contributed by atoms with Crippen LogP contribution in [0.2, 0.25) is 0 Å². The van der Waals surface area contributed by atoms with Gasteiger partial charge in [-0.1, -0.05) is 12.1 Å². The first-order chi connectivity index (χ1) is 15.2. The number of carbonyl (C=O) groups excluding carboxylic acids is 3. The van der Waals surface area contributed by atoms with Crippen molar-refractivity contribution in [2.75, 3.05) is 18.9 Å². The number of nitrogens with zero attached hydrogens (tertiary/aromatic N) is 1. The number of hydrogen-bond acceptors (Lipinski definition) is 8.